The van der Waals surface area contributed by atoms with Gasteiger partial charge in [-0.25, -0.2) is 9.78 Å². The number of anilines is 1. The Kier molecular flexibility index (Phi) is 5.35. The van der Waals surface area contributed by atoms with Gasteiger partial charge in [0.2, 0.25) is 5.89 Å². The molecule has 3 aromatic rings. The monoisotopic (exact) mass is 427 g/mol. The van der Waals surface area contributed by atoms with Gasteiger partial charge in [-0.3, -0.25) is 0 Å². The number of aromatic nitrogens is 1. The van der Waals surface area contributed by atoms with E-state index in [4.69, 9.17) is 9.15 Å². The average molecular weight is 428 g/mol. The molecule has 2 aromatic carbocycles. The van der Waals surface area contributed by atoms with Crippen molar-refractivity contribution >= 4 is 22.8 Å². The lowest BCUT2D eigenvalue weighted by Crippen LogP contribution is -2.22. The summed E-state index contributed by atoms with van der Waals surface area (Å²) < 4.78 is 11.0. The molecule has 0 fully saturated rings. The molecule has 6 nitrogen and oxygen atoms in total. The largest absolute Gasteiger partial charge is 0.462 e. The second kappa shape index (κ2) is 8.01. The number of hydrogen-bond donors (Lipinski definition) is 0. The molecule has 0 saturated carbocycles. The first-order valence-electron chi connectivity index (χ1n) is 10.5. The van der Waals surface area contributed by atoms with Gasteiger partial charge >= 0.3 is 5.97 Å². The normalized spacial score (nSPS) is 16.3. The van der Waals surface area contributed by atoms with Crippen LogP contribution < -0.4 is 4.90 Å². The number of carbonyl (C=O) groups is 1. The number of oxazole rings is 1. The van der Waals surface area contributed by atoms with E-state index in [2.05, 4.69) is 29.8 Å². The zero-order chi connectivity index (χ0) is 23.0. The van der Waals surface area contributed by atoms with Crippen LogP contribution in [0.1, 0.15) is 31.9 Å². The molecule has 1 aliphatic heterocycles. The lowest BCUT2D eigenvalue weighted by atomic mass is 9.83. The number of ether oxygens (including phenoxy) is 1. The number of rotatable bonds is 4. The van der Waals surface area contributed by atoms with Crippen molar-refractivity contribution in [2.45, 2.75) is 33.1 Å². The van der Waals surface area contributed by atoms with E-state index in [0.717, 1.165) is 39.2 Å². The number of fused-ring (bicyclic) bond motifs is 2. The number of esters is 1. The minimum absolute atomic E-state index is 0.0260. The fraction of sp³-hybridized carbons (Fsp3) is 0.269. The van der Waals surface area contributed by atoms with E-state index in [0.29, 0.717) is 5.89 Å². The van der Waals surface area contributed by atoms with E-state index < -0.39 is 5.97 Å². The predicted molar refractivity (Wildman–Crippen MR) is 124 cm³/mol. The molecule has 0 N–H and O–H groups in total. The fourth-order valence-corrected chi connectivity index (χ4v) is 4.15. The molecule has 0 radical (unpaired) electrons. The molecule has 0 saturated heterocycles. The summed E-state index contributed by atoms with van der Waals surface area (Å²) in [5.74, 6) is -0.0328. The van der Waals surface area contributed by atoms with Crippen molar-refractivity contribution in [1.82, 2.24) is 4.98 Å². The Morgan fingerprint density at radius 2 is 2.06 bits per heavy atom. The summed E-state index contributed by atoms with van der Waals surface area (Å²) in [6.45, 7) is 8.20. The maximum Gasteiger partial charge on any atom is 0.348 e. The first-order valence-corrected chi connectivity index (χ1v) is 10.5. The molecule has 0 amide bonds. The van der Waals surface area contributed by atoms with Gasteiger partial charge in [0.15, 0.2) is 5.58 Å². The zero-order valence-corrected chi connectivity index (χ0v) is 18.9. The molecule has 0 atom stereocenters. The van der Waals surface area contributed by atoms with Gasteiger partial charge in [-0.2, -0.15) is 5.26 Å². The van der Waals surface area contributed by atoms with Crippen molar-refractivity contribution < 1.29 is 13.9 Å². The first kappa shape index (κ1) is 21.4. The highest BCUT2D eigenvalue weighted by Crippen LogP contribution is 2.48. The second-order valence-electron chi connectivity index (χ2n) is 8.37. The van der Waals surface area contributed by atoms with Crippen LogP contribution in [0.4, 0.5) is 5.69 Å². The number of benzene rings is 2. The third-order valence-electron chi connectivity index (χ3n) is 5.85. The van der Waals surface area contributed by atoms with E-state index in [1.165, 1.54) is 6.08 Å². The van der Waals surface area contributed by atoms with Crippen molar-refractivity contribution in [2.24, 2.45) is 0 Å². The van der Waals surface area contributed by atoms with Crippen molar-refractivity contribution in [3.63, 3.8) is 0 Å². The van der Waals surface area contributed by atoms with Crippen LogP contribution in [-0.2, 0) is 14.9 Å². The van der Waals surface area contributed by atoms with Crippen LogP contribution in [0.5, 0.6) is 0 Å². The van der Waals surface area contributed by atoms with Gasteiger partial charge in [-0.1, -0.05) is 19.9 Å². The molecule has 4 rings (SSSR count). The number of aryl methyl sites for hydroxylation is 1. The predicted octanol–water partition coefficient (Wildman–Crippen LogP) is 5.43. The minimum atomic E-state index is -0.615. The molecule has 0 aliphatic carbocycles. The van der Waals surface area contributed by atoms with Gasteiger partial charge < -0.3 is 14.1 Å². The fourth-order valence-electron chi connectivity index (χ4n) is 4.15. The zero-order valence-electron chi connectivity index (χ0n) is 18.9. The summed E-state index contributed by atoms with van der Waals surface area (Å²) in [5.41, 5.74) is 6.40. The number of nitrogens with zero attached hydrogens (tertiary/aromatic N) is 3. The molecule has 1 aromatic heterocycles. The summed E-state index contributed by atoms with van der Waals surface area (Å²) in [6.07, 6.45) is 3.35. The van der Waals surface area contributed by atoms with Crippen LogP contribution in [0.3, 0.4) is 0 Å². The molecular weight excluding hydrogens is 402 g/mol. The second-order valence-corrected chi connectivity index (χ2v) is 8.37. The highest BCUT2D eigenvalue weighted by Gasteiger charge is 2.38. The summed E-state index contributed by atoms with van der Waals surface area (Å²) in [6, 6.07) is 14.0. The van der Waals surface area contributed by atoms with Crippen LogP contribution in [0.25, 0.3) is 22.6 Å². The smallest absolute Gasteiger partial charge is 0.348 e. The highest BCUT2D eigenvalue weighted by molar-refractivity contribution is 5.93. The topological polar surface area (TPSA) is 79.4 Å². The summed E-state index contributed by atoms with van der Waals surface area (Å²) in [4.78, 5) is 18.7. The Labute approximate surface area is 187 Å². The number of hydrogen-bond acceptors (Lipinski definition) is 6. The van der Waals surface area contributed by atoms with E-state index in [1.807, 2.05) is 56.4 Å². The maximum absolute atomic E-state index is 12.0. The molecule has 0 spiro atoms. The van der Waals surface area contributed by atoms with Crippen molar-refractivity contribution in [1.29, 1.82) is 5.26 Å². The third-order valence-corrected chi connectivity index (χ3v) is 5.85. The van der Waals surface area contributed by atoms with Crippen LogP contribution in [-0.4, -0.2) is 24.6 Å². The van der Waals surface area contributed by atoms with Crippen LogP contribution >= 0.6 is 0 Å². The SMILES string of the molecule is CCOC(=O)/C(C#N)=C/C=C1/N(C)c2ccc(-c3nc4cc(C)ccc4o3)cc2C1(C)C. The molecule has 0 bridgehead atoms. The summed E-state index contributed by atoms with van der Waals surface area (Å²) in [7, 11) is 1.98. The molecule has 2 heterocycles. The van der Waals surface area contributed by atoms with E-state index >= 15 is 0 Å². The van der Waals surface area contributed by atoms with E-state index in [9.17, 15) is 10.1 Å². The van der Waals surface area contributed by atoms with Crippen molar-refractivity contribution in [3.05, 3.63) is 70.9 Å². The van der Waals surface area contributed by atoms with Gasteiger partial charge in [0.1, 0.15) is 17.2 Å². The van der Waals surface area contributed by atoms with Gasteiger partial charge in [0.05, 0.1) is 6.61 Å². The van der Waals surface area contributed by atoms with E-state index in [1.54, 1.807) is 6.92 Å². The molecule has 6 heteroatoms. The standard InChI is InChI=1S/C26H25N3O3/c1-6-31-25(30)18(15-27)9-12-23-26(3,4)19-14-17(8-10-21(19)29(23)5)24-28-20-13-16(2)7-11-22(20)32-24/h7-14H,6H2,1-5H3/b18-9+,23-12+. The van der Waals surface area contributed by atoms with Gasteiger partial charge in [0.25, 0.3) is 0 Å². The molecule has 162 valence electrons. The van der Waals surface area contributed by atoms with Crippen LogP contribution in [0, 0.1) is 18.3 Å². The number of carbonyl (C=O) groups excluding carboxylic acids is 1. The molecule has 0 unspecified atom stereocenters. The Hall–Kier alpha value is -3.85. The van der Waals surface area contributed by atoms with Gasteiger partial charge in [-0.15, -0.1) is 0 Å². The highest BCUT2D eigenvalue weighted by atomic mass is 16.5. The maximum atomic E-state index is 12.0. The van der Waals surface area contributed by atoms with E-state index in [-0.39, 0.29) is 17.6 Å². The summed E-state index contributed by atoms with van der Waals surface area (Å²) in [5, 5.41) is 9.33. The number of likely N-dealkylation sites (N-methyl/N-ethyl adjacent to an activating group) is 1. The van der Waals surface area contributed by atoms with Crippen molar-refractivity contribution in [3.8, 4) is 17.5 Å². The molecular formula is C26H25N3O3. The van der Waals surface area contributed by atoms with Gasteiger partial charge in [0, 0.05) is 29.4 Å². The lowest BCUT2D eigenvalue weighted by molar-refractivity contribution is -0.138. The molecule has 1 aliphatic rings. The Morgan fingerprint density at radius 1 is 1.28 bits per heavy atom. The van der Waals surface area contributed by atoms with Crippen LogP contribution in [0.2, 0.25) is 0 Å². The summed E-state index contributed by atoms with van der Waals surface area (Å²) >= 11 is 0. The first-order chi connectivity index (χ1) is 15.3. The van der Waals surface area contributed by atoms with Crippen molar-refractivity contribution in [2.75, 3.05) is 18.6 Å². The third kappa shape index (κ3) is 3.56. The van der Waals surface area contributed by atoms with Crippen LogP contribution in [0.15, 0.2) is 64.2 Å². The lowest BCUT2D eigenvalue weighted by Gasteiger charge is -2.23. The number of nitriles is 1. The number of allylic oxidation sites excluding steroid dienone is 3. The average Bonchev–Trinajstić information content (AvgIpc) is 3.26. The Morgan fingerprint density at radius 3 is 2.78 bits per heavy atom. The molecule has 32 heavy (non-hydrogen) atoms. The quantitative estimate of drug-likeness (QED) is 0.314. The Bertz CT molecular complexity index is 1320. The minimum Gasteiger partial charge on any atom is -0.462 e. The Balaban J connectivity index is 1.74. The van der Waals surface area contributed by atoms with Gasteiger partial charge in [-0.05, 0) is 67.5 Å².